The molecular weight excluding hydrogens is 360 g/mol. The molecule has 1 aliphatic rings. The fraction of sp³-hybridized carbons (Fsp3) is 0.278. The molecule has 132 valence electrons. The first-order chi connectivity index (χ1) is 11.7. The van der Waals surface area contributed by atoms with Crippen molar-refractivity contribution in [3.05, 3.63) is 58.1 Å². The van der Waals surface area contributed by atoms with Crippen molar-refractivity contribution in [3.63, 3.8) is 0 Å². The van der Waals surface area contributed by atoms with Gasteiger partial charge in [-0.3, -0.25) is 9.52 Å². The van der Waals surface area contributed by atoms with E-state index in [-0.39, 0.29) is 5.91 Å². The van der Waals surface area contributed by atoms with Crippen LogP contribution < -0.4 is 9.62 Å². The lowest BCUT2D eigenvalue weighted by atomic mass is 10.0. The molecule has 5 nitrogen and oxygen atoms in total. The molecule has 0 radical (unpaired) electrons. The van der Waals surface area contributed by atoms with E-state index >= 15 is 0 Å². The highest BCUT2D eigenvalue weighted by Crippen LogP contribution is 2.31. The largest absolute Gasteiger partial charge is 0.308 e. The number of hydrogen-bond donors (Lipinski definition) is 1. The number of anilines is 2. The molecule has 1 N–H and O–H groups in total. The third-order valence-electron chi connectivity index (χ3n) is 4.19. The fourth-order valence-corrected chi connectivity index (χ4v) is 3.81. The van der Waals surface area contributed by atoms with Gasteiger partial charge in [0.1, 0.15) is 0 Å². The number of benzene rings is 2. The van der Waals surface area contributed by atoms with Crippen molar-refractivity contribution in [2.45, 2.75) is 19.8 Å². The molecule has 7 heteroatoms. The second-order valence-corrected chi connectivity index (χ2v) is 8.42. The Morgan fingerprint density at radius 3 is 2.68 bits per heavy atom. The van der Waals surface area contributed by atoms with Crippen LogP contribution in [0.1, 0.15) is 27.9 Å². The van der Waals surface area contributed by atoms with E-state index in [2.05, 4.69) is 4.72 Å². The summed E-state index contributed by atoms with van der Waals surface area (Å²) in [5.41, 5.74) is 3.53. The van der Waals surface area contributed by atoms with Crippen molar-refractivity contribution in [3.8, 4) is 0 Å². The zero-order valence-corrected chi connectivity index (χ0v) is 15.6. The van der Waals surface area contributed by atoms with Crippen LogP contribution in [0.3, 0.4) is 0 Å². The van der Waals surface area contributed by atoms with Gasteiger partial charge < -0.3 is 4.90 Å². The fourth-order valence-electron chi connectivity index (χ4n) is 3.00. The summed E-state index contributed by atoms with van der Waals surface area (Å²) < 4.78 is 25.5. The molecule has 0 aliphatic carbocycles. The van der Waals surface area contributed by atoms with Gasteiger partial charge in [-0.2, -0.15) is 0 Å². The number of halogens is 1. The van der Waals surface area contributed by atoms with E-state index < -0.39 is 10.0 Å². The van der Waals surface area contributed by atoms with E-state index in [1.54, 1.807) is 36.1 Å². The van der Waals surface area contributed by atoms with Crippen LogP contribution in [-0.4, -0.2) is 27.1 Å². The molecule has 0 saturated carbocycles. The number of nitrogens with zero attached hydrogens (tertiary/aromatic N) is 1. The Morgan fingerprint density at radius 1 is 1.20 bits per heavy atom. The molecule has 2 aromatic carbocycles. The Bertz CT molecular complexity index is 941. The summed E-state index contributed by atoms with van der Waals surface area (Å²) in [6.45, 7) is 2.41. The molecule has 25 heavy (non-hydrogen) atoms. The van der Waals surface area contributed by atoms with Crippen LogP contribution in [-0.2, 0) is 16.4 Å². The zero-order valence-electron chi connectivity index (χ0n) is 14.0. The standard InChI is InChI=1S/C18H19ClN2O3S/c1-12-5-6-14(11-16(12)20-25(2,23)24)18(22)21-9-3-4-13-10-15(19)7-8-17(13)21/h5-8,10-11,20H,3-4,9H2,1-2H3. The molecule has 0 fully saturated rings. The van der Waals surface area contributed by atoms with Gasteiger partial charge in [-0.1, -0.05) is 17.7 Å². The maximum Gasteiger partial charge on any atom is 0.258 e. The highest BCUT2D eigenvalue weighted by atomic mass is 35.5. The Kier molecular flexibility index (Phi) is 4.75. The van der Waals surface area contributed by atoms with Gasteiger partial charge in [0.2, 0.25) is 10.0 Å². The van der Waals surface area contributed by atoms with Gasteiger partial charge in [-0.15, -0.1) is 0 Å². The minimum absolute atomic E-state index is 0.153. The summed E-state index contributed by atoms with van der Waals surface area (Å²) in [5, 5.41) is 0.656. The van der Waals surface area contributed by atoms with Crippen LogP contribution in [0.15, 0.2) is 36.4 Å². The summed E-state index contributed by atoms with van der Waals surface area (Å²) in [4.78, 5) is 14.7. The third kappa shape index (κ3) is 3.96. The molecule has 1 aliphatic heterocycles. The Labute approximate surface area is 152 Å². The molecule has 0 aromatic heterocycles. The lowest BCUT2D eigenvalue weighted by Gasteiger charge is -2.30. The molecule has 0 spiro atoms. The average Bonchev–Trinajstić information content (AvgIpc) is 2.54. The quantitative estimate of drug-likeness (QED) is 0.887. The van der Waals surface area contributed by atoms with Gasteiger partial charge >= 0.3 is 0 Å². The number of carbonyl (C=O) groups excluding carboxylic acids is 1. The van der Waals surface area contributed by atoms with Gasteiger partial charge in [-0.25, -0.2) is 8.42 Å². The van der Waals surface area contributed by atoms with Crippen molar-refractivity contribution < 1.29 is 13.2 Å². The SMILES string of the molecule is Cc1ccc(C(=O)N2CCCc3cc(Cl)ccc32)cc1NS(C)(=O)=O. The van der Waals surface area contributed by atoms with Gasteiger partial charge in [0.05, 0.1) is 11.9 Å². The number of sulfonamides is 1. The summed E-state index contributed by atoms with van der Waals surface area (Å²) in [6, 6.07) is 10.6. The first kappa shape index (κ1) is 17.8. The van der Waals surface area contributed by atoms with Crippen LogP contribution in [0.25, 0.3) is 0 Å². The predicted octanol–water partition coefficient (Wildman–Crippen LogP) is 3.61. The van der Waals surface area contributed by atoms with Gasteiger partial charge in [0.25, 0.3) is 5.91 Å². The van der Waals surface area contributed by atoms with E-state index in [9.17, 15) is 13.2 Å². The maximum absolute atomic E-state index is 13.0. The van der Waals surface area contributed by atoms with Crippen LogP contribution in [0, 0.1) is 6.92 Å². The maximum atomic E-state index is 13.0. The highest BCUT2D eigenvalue weighted by Gasteiger charge is 2.24. The highest BCUT2D eigenvalue weighted by molar-refractivity contribution is 7.92. The van der Waals surface area contributed by atoms with Gasteiger partial charge in [0, 0.05) is 22.8 Å². The number of hydrogen-bond acceptors (Lipinski definition) is 3. The van der Waals surface area contributed by atoms with Crippen molar-refractivity contribution in [1.82, 2.24) is 0 Å². The number of rotatable bonds is 3. The summed E-state index contributed by atoms with van der Waals surface area (Å²) in [7, 11) is -3.41. The van der Waals surface area contributed by atoms with E-state index in [1.807, 2.05) is 12.1 Å². The first-order valence-corrected chi connectivity index (χ1v) is 10.2. The molecule has 0 bridgehead atoms. The second kappa shape index (κ2) is 6.69. The molecule has 0 atom stereocenters. The molecule has 3 rings (SSSR count). The van der Waals surface area contributed by atoms with Crippen molar-refractivity contribution in [1.29, 1.82) is 0 Å². The average molecular weight is 379 g/mol. The van der Waals surface area contributed by atoms with Crippen molar-refractivity contribution in [2.24, 2.45) is 0 Å². The Balaban J connectivity index is 1.96. The van der Waals surface area contributed by atoms with E-state index in [0.29, 0.717) is 22.8 Å². The molecule has 2 aromatic rings. The van der Waals surface area contributed by atoms with Crippen LogP contribution in [0.4, 0.5) is 11.4 Å². The number of aryl methyl sites for hydroxylation is 2. The van der Waals surface area contributed by atoms with Crippen LogP contribution in [0.5, 0.6) is 0 Å². The zero-order chi connectivity index (χ0) is 18.2. The summed E-state index contributed by atoms with van der Waals surface area (Å²) >= 11 is 6.05. The van der Waals surface area contributed by atoms with Crippen molar-refractivity contribution in [2.75, 3.05) is 22.4 Å². The van der Waals surface area contributed by atoms with E-state index in [1.165, 1.54) is 0 Å². The van der Waals surface area contributed by atoms with Gasteiger partial charge in [-0.05, 0) is 61.2 Å². The van der Waals surface area contributed by atoms with Crippen LogP contribution in [0.2, 0.25) is 5.02 Å². The normalized spacial score (nSPS) is 14.1. The van der Waals surface area contributed by atoms with E-state index in [0.717, 1.165) is 35.9 Å². The van der Waals surface area contributed by atoms with Gasteiger partial charge in [0.15, 0.2) is 0 Å². The smallest absolute Gasteiger partial charge is 0.258 e. The number of amides is 1. The van der Waals surface area contributed by atoms with E-state index in [4.69, 9.17) is 11.6 Å². The lowest BCUT2D eigenvalue weighted by Crippen LogP contribution is -2.35. The monoisotopic (exact) mass is 378 g/mol. The third-order valence-corrected chi connectivity index (χ3v) is 5.01. The summed E-state index contributed by atoms with van der Waals surface area (Å²) in [5.74, 6) is -0.153. The molecule has 0 unspecified atom stereocenters. The summed E-state index contributed by atoms with van der Waals surface area (Å²) in [6.07, 6.45) is 2.83. The minimum atomic E-state index is -3.41. The second-order valence-electron chi connectivity index (χ2n) is 6.24. The molecular formula is C18H19ClN2O3S. The topological polar surface area (TPSA) is 66.5 Å². The minimum Gasteiger partial charge on any atom is -0.308 e. The number of fused-ring (bicyclic) bond motifs is 1. The lowest BCUT2D eigenvalue weighted by molar-refractivity contribution is 0.0985. The first-order valence-electron chi connectivity index (χ1n) is 7.93. The van der Waals surface area contributed by atoms with Crippen LogP contribution >= 0.6 is 11.6 Å². The molecule has 1 heterocycles. The predicted molar refractivity (Wildman–Crippen MR) is 101 cm³/mol. The molecule has 1 amide bonds. The Hall–Kier alpha value is -2.05. The molecule has 0 saturated heterocycles. The Morgan fingerprint density at radius 2 is 1.96 bits per heavy atom. The number of nitrogens with one attached hydrogen (secondary N) is 1. The number of carbonyl (C=O) groups is 1. The van der Waals surface area contributed by atoms with Crippen molar-refractivity contribution >= 4 is 38.9 Å².